The van der Waals surface area contributed by atoms with Crippen LogP contribution in [0.15, 0.2) is 30.3 Å². The first-order valence-electron chi connectivity index (χ1n) is 6.77. The number of rotatable bonds is 4. The molecular formula is C16H22N2O3. The molecule has 0 atom stereocenters. The summed E-state index contributed by atoms with van der Waals surface area (Å²) in [6.07, 6.45) is 3.23. The number of carbonyl (C=O) groups is 2. The van der Waals surface area contributed by atoms with E-state index in [1.165, 1.54) is 6.92 Å². The highest BCUT2D eigenvalue weighted by atomic mass is 16.6. The molecule has 1 aromatic carbocycles. The molecule has 0 saturated heterocycles. The van der Waals surface area contributed by atoms with E-state index in [4.69, 9.17) is 4.74 Å². The molecule has 1 rings (SSSR count). The number of ether oxygens (including phenoxy) is 1. The Bertz CT molecular complexity index is 531. The molecule has 0 bridgehead atoms. The van der Waals surface area contributed by atoms with Crippen LogP contribution in [-0.2, 0) is 9.53 Å². The highest BCUT2D eigenvalue weighted by molar-refractivity contribution is 5.85. The molecule has 0 radical (unpaired) electrons. The van der Waals surface area contributed by atoms with Crippen molar-refractivity contribution in [2.45, 2.75) is 33.3 Å². The fourth-order valence-electron chi connectivity index (χ4n) is 1.54. The number of hydrogen-bond acceptors (Lipinski definition) is 3. The number of benzene rings is 1. The van der Waals surface area contributed by atoms with Crippen LogP contribution in [0.25, 0.3) is 6.08 Å². The lowest BCUT2D eigenvalue weighted by atomic mass is 10.2. The van der Waals surface area contributed by atoms with Crippen molar-refractivity contribution in [1.29, 1.82) is 0 Å². The molecule has 5 heteroatoms. The van der Waals surface area contributed by atoms with Gasteiger partial charge in [-0.15, -0.1) is 0 Å². The maximum absolute atomic E-state index is 11.7. The Morgan fingerprint density at radius 1 is 1.29 bits per heavy atom. The standard InChI is InChI=1S/C16H22N2O3/c1-12(19)17-10-6-8-13-7-5-9-14(11-13)18-15(20)21-16(2,3)4/h5-9,11H,10H2,1-4H3,(H,17,19)(H,18,20). The summed E-state index contributed by atoms with van der Waals surface area (Å²) >= 11 is 0. The lowest BCUT2D eigenvalue weighted by Gasteiger charge is -2.19. The molecule has 2 N–H and O–H groups in total. The molecular weight excluding hydrogens is 268 g/mol. The van der Waals surface area contributed by atoms with Gasteiger partial charge in [0.2, 0.25) is 5.91 Å². The Labute approximate surface area is 125 Å². The smallest absolute Gasteiger partial charge is 0.412 e. The van der Waals surface area contributed by atoms with E-state index < -0.39 is 11.7 Å². The van der Waals surface area contributed by atoms with Gasteiger partial charge in [-0.05, 0) is 38.5 Å². The Morgan fingerprint density at radius 3 is 2.62 bits per heavy atom. The largest absolute Gasteiger partial charge is 0.444 e. The van der Waals surface area contributed by atoms with E-state index in [0.717, 1.165) is 5.56 Å². The number of carbonyl (C=O) groups excluding carboxylic acids is 2. The van der Waals surface area contributed by atoms with Crippen molar-refractivity contribution in [3.8, 4) is 0 Å². The second-order valence-electron chi connectivity index (χ2n) is 5.59. The molecule has 2 amide bonds. The molecule has 0 heterocycles. The minimum absolute atomic E-state index is 0.0695. The summed E-state index contributed by atoms with van der Waals surface area (Å²) in [6.45, 7) is 7.38. The van der Waals surface area contributed by atoms with Gasteiger partial charge < -0.3 is 10.1 Å². The van der Waals surface area contributed by atoms with Crippen molar-refractivity contribution >= 4 is 23.8 Å². The van der Waals surface area contributed by atoms with Gasteiger partial charge >= 0.3 is 6.09 Å². The van der Waals surface area contributed by atoms with Crippen molar-refractivity contribution in [3.05, 3.63) is 35.9 Å². The van der Waals surface area contributed by atoms with Crippen LogP contribution in [0.2, 0.25) is 0 Å². The van der Waals surface area contributed by atoms with Gasteiger partial charge in [0.15, 0.2) is 0 Å². The maximum Gasteiger partial charge on any atom is 0.412 e. The van der Waals surface area contributed by atoms with Gasteiger partial charge in [-0.1, -0.05) is 24.3 Å². The normalized spacial score (nSPS) is 11.2. The van der Waals surface area contributed by atoms with E-state index in [1.807, 2.05) is 51.1 Å². The molecule has 0 aliphatic rings. The van der Waals surface area contributed by atoms with Crippen LogP contribution in [0.5, 0.6) is 0 Å². The average Bonchev–Trinajstić information content (AvgIpc) is 2.32. The fourth-order valence-corrected chi connectivity index (χ4v) is 1.54. The van der Waals surface area contributed by atoms with Crippen LogP contribution in [0.4, 0.5) is 10.5 Å². The van der Waals surface area contributed by atoms with Gasteiger partial charge in [0.05, 0.1) is 0 Å². The summed E-state index contributed by atoms with van der Waals surface area (Å²) < 4.78 is 5.19. The third kappa shape index (κ3) is 7.77. The van der Waals surface area contributed by atoms with Crippen LogP contribution in [0.1, 0.15) is 33.3 Å². The molecule has 5 nitrogen and oxygen atoms in total. The van der Waals surface area contributed by atoms with Gasteiger partial charge in [-0.2, -0.15) is 0 Å². The Hall–Kier alpha value is -2.30. The fraction of sp³-hybridized carbons (Fsp3) is 0.375. The first kappa shape index (κ1) is 16.8. The summed E-state index contributed by atoms with van der Waals surface area (Å²) in [5.74, 6) is -0.0695. The second kappa shape index (κ2) is 7.47. The highest BCUT2D eigenvalue weighted by Gasteiger charge is 2.15. The summed E-state index contributed by atoms with van der Waals surface area (Å²) in [4.78, 5) is 22.4. The molecule has 0 saturated carbocycles. The number of amides is 2. The predicted molar refractivity (Wildman–Crippen MR) is 84.0 cm³/mol. The Morgan fingerprint density at radius 2 is 2.00 bits per heavy atom. The van der Waals surface area contributed by atoms with Gasteiger partial charge in [-0.3, -0.25) is 10.1 Å². The van der Waals surface area contributed by atoms with Crippen molar-refractivity contribution in [1.82, 2.24) is 5.32 Å². The first-order chi connectivity index (χ1) is 9.76. The zero-order chi connectivity index (χ0) is 15.9. The molecule has 0 unspecified atom stereocenters. The molecule has 114 valence electrons. The van der Waals surface area contributed by atoms with Crippen molar-refractivity contribution in [2.75, 3.05) is 11.9 Å². The zero-order valence-corrected chi connectivity index (χ0v) is 12.9. The molecule has 0 aromatic heterocycles. The van der Waals surface area contributed by atoms with Gasteiger partial charge in [0, 0.05) is 19.2 Å². The number of hydrogen-bond donors (Lipinski definition) is 2. The maximum atomic E-state index is 11.7. The van der Waals surface area contributed by atoms with Gasteiger partial charge in [0.25, 0.3) is 0 Å². The SMILES string of the molecule is CC(=O)NCC=Cc1cccc(NC(=O)OC(C)(C)C)c1. The molecule has 21 heavy (non-hydrogen) atoms. The predicted octanol–water partition coefficient (Wildman–Crippen LogP) is 3.18. The van der Waals surface area contributed by atoms with Crippen LogP contribution >= 0.6 is 0 Å². The molecule has 0 aliphatic carbocycles. The molecule has 0 spiro atoms. The van der Waals surface area contributed by atoms with Crippen LogP contribution in [-0.4, -0.2) is 24.1 Å². The van der Waals surface area contributed by atoms with E-state index in [2.05, 4.69) is 10.6 Å². The number of anilines is 1. The summed E-state index contributed by atoms with van der Waals surface area (Å²) in [6, 6.07) is 7.36. The Kier molecular flexibility index (Phi) is 5.96. The summed E-state index contributed by atoms with van der Waals surface area (Å²) in [7, 11) is 0. The third-order valence-corrected chi connectivity index (χ3v) is 2.31. The minimum atomic E-state index is -0.528. The van der Waals surface area contributed by atoms with Crippen LogP contribution in [0.3, 0.4) is 0 Å². The van der Waals surface area contributed by atoms with E-state index in [1.54, 1.807) is 6.07 Å². The van der Waals surface area contributed by atoms with Gasteiger partial charge in [0.1, 0.15) is 5.60 Å². The van der Waals surface area contributed by atoms with E-state index >= 15 is 0 Å². The van der Waals surface area contributed by atoms with E-state index in [-0.39, 0.29) is 5.91 Å². The van der Waals surface area contributed by atoms with E-state index in [9.17, 15) is 9.59 Å². The summed E-state index contributed by atoms with van der Waals surface area (Å²) in [5, 5.41) is 5.36. The number of nitrogens with one attached hydrogen (secondary N) is 2. The van der Waals surface area contributed by atoms with Crippen LogP contribution in [0, 0.1) is 0 Å². The lowest BCUT2D eigenvalue weighted by Crippen LogP contribution is -2.27. The monoisotopic (exact) mass is 290 g/mol. The minimum Gasteiger partial charge on any atom is -0.444 e. The van der Waals surface area contributed by atoms with Crippen molar-refractivity contribution in [2.24, 2.45) is 0 Å². The second-order valence-corrected chi connectivity index (χ2v) is 5.59. The Balaban J connectivity index is 2.60. The van der Waals surface area contributed by atoms with Crippen LogP contribution < -0.4 is 10.6 Å². The summed E-state index contributed by atoms with van der Waals surface area (Å²) in [5.41, 5.74) is 1.06. The topological polar surface area (TPSA) is 67.4 Å². The quantitative estimate of drug-likeness (QED) is 0.895. The molecule has 1 aromatic rings. The van der Waals surface area contributed by atoms with E-state index in [0.29, 0.717) is 12.2 Å². The molecule has 0 fully saturated rings. The average molecular weight is 290 g/mol. The molecule has 0 aliphatic heterocycles. The highest BCUT2D eigenvalue weighted by Crippen LogP contribution is 2.14. The van der Waals surface area contributed by atoms with Crippen molar-refractivity contribution in [3.63, 3.8) is 0 Å². The zero-order valence-electron chi connectivity index (χ0n) is 12.9. The lowest BCUT2D eigenvalue weighted by molar-refractivity contribution is -0.118. The van der Waals surface area contributed by atoms with Gasteiger partial charge in [-0.25, -0.2) is 4.79 Å². The first-order valence-corrected chi connectivity index (χ1v) is 6.77. The third-order valence-electron chi connectivity index (χ3n) is 2.31. The van der Waals surface area contributed by atoms with Crippen molar-refractivity contribution < 1.29 is 14.3 Å².